The summed E-state index contributed by atoms with van der Waals surface area (Å²) in [4.78, 5) is 2.50. The van der Waals surface area contributed by atoms with E-state index >= 15 is 0 Å². The van der Waals surface area contributed by atoms with Crippen LogP contribution in [0, 0.1) is 11.3 Å². The highest BCUT2D eigenvalue weighted by atomic mass is 16.3. The van der Waals surface area contributed by atoms with Gasteiger partial charge < -0.3 is 10.0 Å². The number of aliphatic hydroxyl groups is 1. The molecule has 19 heavy (non-hydrogen) atoms. The second-order valence-electron chi connectivity index (χ2n) is 6.79. The molecule has 1 heterocycles. The normalized spacial score (nSPS) is 22.8. The molecule has 1 fully saturated rings. The van der Waals surface area contributed by atoms with Gasteiger partial charge in [-0.2, -0.15) is 0 Å². The summed E-state index contributed by atoms with van der Waals surface area (Å²) in [5.41, 5.74) is 2.99. The fraction of sp³-hybridized carbons (Fsp3) is 0.647. The first-order valence-corrected chi connectivity index (χ1v) is 7.40. The van der Waals surface area contributed by atoms with E-state index in [-0.39, 0.29) is 5.41 Å². The molecule has 0 saturated carbocycles. The molecule has 2 heteroatoms. The first-order valence-electron chi connectivity index (χ1n) is 7.40. The summed E-state index contributed by atoms with van der Waals surface area (Å²) in [5.74, 6) is 0.977. The van der Waals surface area contributed by atoms with Crippen LogP contribution >= 0.6 is 0 Å². The predicted octanol–water partition coefficient (Wildman–Crippen LogP) is 3.65. The Balaban J connectivity index is 2.25. The summed E-state index contributed by atoms with van der Waals surface area (Å²) < 4.78 is 0. The minimum Gasteiger partial charge on any atom is -0.396 e. The number of benzene rings is 1. The molecule has 0 radical (unpaired) electrons. The van der Waals surface area contributed by atoms with Gasteiger partial charge in [-0.3, -0.25) is 0 Å². The summed E-state index contributed by atoms with van der Waals surface area (Å²) in [6.45, 7) is 11.5. The van der Waals surface area contributed by atoms with Gasteiger partial charge in [0.2, 0.25) is 0 Å². The molecule has 0 spiro atoms. The van der Waals surface area contributed by atoms with Crippen LogP contribution in [0.15, 0.2) is 24.3 Å². The SMILES string of the molecule is CC(C)c1ccccc1N1CCC(CO)C(C)(C)C1. The lowest BCUT2D eigenvalue weighted by Crippen LogP contribution is -2.47. The van der Waals surface area contributed by atoms with Crippen LogP contribution in [0.2, 0.25) is 0 Å². The van der Waals surface area contributed by atoms with Gasteiger partial charge in [0.15, 0.2) is 0 Å². The van der Waals surface area contributed by atoms with E-state index in [4.69, 9.17) is 0 Å². The van der Waals surface area contributed by atoms with E-state index in [1.807, 2.05) is 0 Å². The lowest BCUT2D eigenvalue weighted by Gasteiger charge is -2.45. The van der Waals surface area contributed by atoms with Crippen molar-refractivity contribution in [2.24, 2.45) is 11.3 Å². The van der Waals surface area contributed by atoms with E-state index in [0.717, 1.165) is 19.5 Å². The summed E-state index contributed by atoms with van der Waals surface area (Å²) in [6, 6.07) is 8.74. The Morgan fingerprint density at radius 2 is 2.00 bits per heavy atom. The van der Waals surface area contributed by atoms with Crippen molar-refractivity contribution in [1.82, 2.24) is 0 Å². The zero-order valence-corrected chi connectivity index (χ0v) is 12.7. The van der Waals surface area contributed by atoms with Crippen LogP contribution in [0.3, 0.4) is 0 Å². The van der Waals surface area contributed by atoms with Crippen molar-refractivity contribution in [3.8, 4) is 0 Å². The Morgan fingerprint density at radius 3 is 2.58 bits per heavy atom. The molecular weight excluding hydrogens is 234 g/mol. The number of hydrogen-bond acceptors (Lipinski definition) is 2. The van der Waals surface area contributed by atoms with Crippen molar-refractivity contribution in [3.05, 3.63) is 29.8 Å². The number of nitrogens with zero attached hydrogens (tertiary/aromatic N) is 1. The minimum atomic E-state index is 0.178. The molecule has 2 nitrogen and oxygen atoms in total. The maximum atomic E-state index is 9.51. The Bertz CT molecular complexity index is 425. The van der Waals surface area contributed by atoms with Crippen molar-refractivity contribution < 1.29 is 5.11 Å². The molecule has 0 aromatic heterocycles. The van der Waals surface area contributed by atoms with Gasteiger partial charge >= 0.3 is 0 Å². The van der Waals surface area contributed by atoms with Crippen LogP contribution in [-0.2, 0) is 0 Å². The molecule has 0 aliphatic carbocycles. The molecule has 0 bridgehead atoms. The van der Waals surface area contributed by atoms with E-state index in [2.05, 4.69) is 56.9 Å². The average molecular weight is 261 g/mol. The van der Waals surface area contributed by atoms with Crippen LogP contribution in [0.1, 0.15) is 45.6 Å². The van der Waals surface area contributed by atoms with Gasteiger partial charge in [-0.05, 0) is 35.3 Å². The quantitative estimate of drug-likeness (QED) is 0.897. The summed E-state index contributed by atoms with van der Waals surface area (Å²) in [5, 5.41) is 9.51. The molecule has 0 amide bonds. The van der Waals surface area contributed by atoms with E-state index in [9.17, 15) is 5.11 Å². The van der Waals surface area contributed by atoms with Crippen LogP contribution < -0.4 is 4.90 Å². The molecular formula is C17H27NO. The second kappa shape index (κ2) is 5.54. The largest absolute Gasteiger partial charge is 0.396 e. The zero-order chi connectivity index (χ0) is 14.0. The fourth-order valence-corrected chi connectivity index (χ4v) is 3.21. The van der Waals surface area contributed by atoms with Gasteiger partial charge in [-0.1, -0.05) is 45.9 Å². The molecule has 1 saturated heterocycles. The number of para-hydroxylation sites is 1. The molecule has 1 aliphatic heterocycles. The third-order valence-electron chi connectivity index (χ3n) is 4.57. The Kier molecular flexibility index (Phi) is 4.19. The zero-order valence-electron chi connectivity index (χ0n) is 12.7. The van der Waals surface area contributed by atoms with Crippen molar-refractivity contribution in [3.63, 3.8) is 0 Å². The number of aliphatic hydroxyl groups excluding tert-OH is 1. The molecule has 1 aromatic carbocycles. The monoisotopic (exact) mass is 261 g/mol. The lowest BCUT2D eigenvalue weighted by molar-refractivity contribution is 0.0972. The van der Waals surface area contributed by atoms with Gasteiger partial charge in [0.25, 0.3) is 0 Å². The second-order valence-corrected chi connectivity index (χ2v) is 6.79. The first kappa shape index (κ1) is 14.4. The number of anilines is 1. The third-order valence-corrected chi connectivity index (χ3v) is 4.57. The molecule has 106 valence electrons. The van der Waals surface area contributed by atoms with Crippen molar-refractivity contribution >= 4 is 5.69 Å². The van der Waals surface area contributed by atoms with Crippen molar-refractivity contribution in [2.45, 2.75) is 40.0 Å². The Morgan fingerprint density at radius 1 is 1.32 bits per heavy atom. The Labute approximate surface area is 117 Å². The minimum absolute atomic E-state index is 0.178. The molecule has 1 atom stereocenters. The predicted molar refractivity (Wildman–Crippen MR) is 81.7 cm³/mol. The van der Waals surface area contributed by atoms with Crippen LogP contribution in [0.5, 0.6) is 0 Å². The van der Waals surface area contributed by atoms with E-state index in [1.54, 1.807) is 0 Å². The number of hydrogen-bond donors (Lipinski definition) is 1. The van der Waals surface area contributed by atoms with Gasteiger partial charge in [-0.15, -0.1) is 0 Å². The van der Waals surface area contributed by atoms with E-state index in [1.165, 1.54) is 11.3 Å². The van der Waals surface area contributed by atoms with Gasteiger partial charge in [0.05, 0.1) is 0 Å². The molecule has 1 aromatic rings. The average Bonchev–Trinajstić information content (AvgIpc) is 2.37. The van der Waals surface area contributed by atoms with Crippen molar-refractivity contribution in [1.29, 1.82) is 0 Å². The third kappa shape index (κ3) is 2.94. The summed E-state index contributed by atoms with van der Waals surface area (Å²) in [7, 11) is 0. The van der Waals surface area contributed by atoms with Crippen LogP contribution in [0.25, 0.3) is 0 Å². The molecule has 1 aliphatic rings. The first-order chi connectivity index (χ1) is 8.95. The number of rotatable bonds is 3. The lowest BCUT2D eigenvalue weighted by atomic mass is 9.74. The van der Waals surface area contributed by atoms with Gasteiger partial charge in [0, 0.05) is 25.4 Å². The van der Waals surface area contributed by atoms with Gasteiger partial charge in [0.1, 0.15) is 0 Å². The topological polar surface area (TPSA) is 23.5 Å². The van der Waals surface area contributed by atoms with Crippen molar-refractivity contribution in [2.75, 3.05) is 24.6 Å². The molecule has 1 N–H and O–H groups in total. The number of piperidine rings is 1. The standard InChI is InChI=1S/C17H27NO/c1-13(2)15-7-5-6-8-16(15)18-10-9-14(11-19)17(3,4)12-18/h5-8,13-14,19H,9-12H2,1-4H3. The summed E-state index contributed by atoms with van der Waals surface area (Å²) >= 11 is 0. The molecule has 2 rings (SSSR count). The highest BCUT2D eigenvalue weighted by molar-refractivity contribution is 5.55. The maximum absolute atomic E-state index is 9.51. The highest BCUT2D eigenvalue weighted by Gasteiger charge is 2.35. The maximum Gasteiger partial charge on any atom is 0.0465 e. The van der Waals surface area contributed by atoms with E-state index < -0.39 is 0 Å². The highest BCUT2D eigenvalue weighted by Crippen LogP contribution is 2.38. The molecule has 1 unspecified atom stereocenters. The van der Waals surface area contributed by atoms with E-state index in [0.29, 0.717) is 18.4 Å². The van der Waals surface area contributed by atoms with Crippen LogP contribution in [-0.4, -0.2) is 24.8 Å². The summed E-state index contributed by atoms with van der Waals surface area (Å²) in [6.07, 6.45) is 1.08. The fourth-order valence-electron chi connectivity index (χ4n) is 3.21. The van der Waals surface area contributed by atoms with Gasteiger partial charge in [-0.25, -0.2) is 0 Å². The van der Waals surface area contributed by atoms with Crippen LogP contribution in [0.4, 0.5) is 5.69 Å². The smallest absolute Gasteiger partial charge is 0.0465 e. The Hall–Kier alpha value is -1.02.